The Morgan fingerprint density at radius 3 is 2.06 bits per heavy atom. The Kier molecular flexibility index (Phi) is 2.47. The first kappa shape index (κ1) is 11.7. The number of carbonyl (C=O) groups is 3. The van der Waals surface area contributed by atoms with Crippen LogP contribution < -0.4 is 0 Å². The molecule has 18 heavy (non-hydrogen) atoms. The average molecular weight is 251 g/mol. The third kappa shape index (κ3) is 1.36. The highest BCUT2D eigenvalue weighted by molar-refractivity contribution is 6.05. The fourth-order valence-corrected chi connectivity index (χ4v) is 3.82. The number of hydrogen-bond acceptors (Lipinski definition) is 3. The summed E-state index contributed by atoms with van der Waals surface area (Å²) in [5.74, 6) is -1.73. The summed E-state index contributed by atoms with van der Waals surface area (Å²) in [7, 11) is 0. The van der Waals surface area contributed by atoms with Gasteiger partial charge < -0.3 is 5.11 Å². The molecule has 2 atom stereocenters. The predicted molar refractivity (Wildman–Crippen MR) is 61.5 cm³/mol. The van der Waals surface area contributed by atoms with E-state index in [1.54, 1.807) is 0 Å². The van der Waals surface area contributed by atoms with Crippen molar-refractivity contribution in [2.75, 3.05) is 0 Å². The minimum atomic E-state index is -1.24. The van der Waals surface area contributed by atoms with Gasteiger partial charge in [0.25, 0.3) is 0 Å². The largest absolute Gasteiger partial charge is 0.479 e. The summed E-state index contributed by atoms with van der Waals surface area (Å²) in [6.07, 6.45) is 4.49. The van der Waals surface area contributed by atoms with Gasteiger partial charge in [0.2, 0.25) is 11.8 Å². The Balaban J connectivity index is 2.01. The number of likely N-dealkylation sites (tertiary alicyclic amines) is 1. The van der Waals surface area contributed by atoms with E-state index in [4.69, 9.17) is 0 Å². The fraction of sp³-hybridized carbons (Fsp3) is 0.769. The van der Waals surface area contributed by atoms with E-state index in [0.717, 1.165) is 30.6 Å². The van der Waals surface area contributed by atoms with Crippen LogP contribution in [0.3, 0.4) is 0 Å². The maximum Gasteiger partial charge on any atom is 0.330 e. The van der Waals surface area contributed by atoms with E-state index in [-0.39, 0.29) is 23.7 Å². The van der Waals surface area contributed by atoms with Crippen LogP contribution >= 0.6 is 0 Å². The Morgan fingerprint density at radius 1 is 1.11 bits per heavy atom. The number of hydrogen-bond donors (Lipinski definition) is 1. The molecule has 1 saturated heterocycles. The van der Waals surface area contributed by atoms with Gasteiger partial charge in [0.05, 0.1) is 0 Å². The summed E-state index contributed by atoms with van der Waals surface area (Å²) >= 11 is 0. The average Bonchev–Trinajstić information content (AvgIpc) is 2.96. The zero-order chi connectivity index (χ0) is 12.9. The molecule has 0 radical (unpaired) electrons. The molecular weight excluding hydrogens is 234 g/mol. The lowest BCUT2D eigenvalue weighted by Gasteiger charge is -2.40. The van der Waals surface area contributed by atoms with Gasteiger partial charge in [-0.15, -0.1) is 0 Å². The monoisotopic (exact) mass is 251 g/mol. The summed E-state index contributed by atoms with van der Waals surface area (Å²) < 4.78 is 0. The summed E-state index contributed by atoms with van der Waals surface area (Å²) in [4.78, 5) is 37.4. The van der Waals surface area contributed by atoms with E-state index in [9.17, 15) is 19.5 Å². The van der Waals surface area contributed by atoms with Crippen LogP contribution in [0.2, 0.25) is 0 Å². The molecule has 3 fully saturated rings. The second-order valence-corrected chi connectivity index (χ2v) is 5.76. The van der Waals surface area contributed by atoms with Gasteiger partial charge in [0.15, 0.2) is 0 Å². The minimum Gasteiger partial charge on any atom is -0.479 e. The predicted octanol–water partition coefficient (Wildman–Crippen LogP) is 1.17. The summed E-state index contributed by atoms with van der Waals surface area (Å²) in [6.45, 7) is 0. The minimum absolute atomic E-state index is 0.121. The zero-order valence-corrected chi connectivity index (χ0v) is 10.2. The molecule has 3 rings (SSSR count). The molecule has 1 heterocycles. The van der Waals surface area contributed by atoms with Crippen LogP contribution in [0.4, 0.5) is 0 Å². The zero-order valence-electron chi connectivity index (χ0n) is 10.2. The van der Waals surface area contributed by atoms with E-state index in [1.165, 1.54) is 0 Å². The summed E-state index contributed by atoms with van der Waals surface area (Å²) in [5, 5.41) is 9.50. The van der Waals surface area contributed by atoms with Crippen molar-refractivity contribution in [1.29, 1.82) is 0 Å². The van der Waals surface area contributed by atoms with E-state index >= 15 is 0 Å². The van der Waals surface area contributed by atoms with Crippen molar-refractivity contribution in [3.63, 3.8) is 0 Å². The Hall–Kier alpha value is -1.39. The van der Waals surface area contributed by atoms with Gasteiger partial charge in [0.1, 0.15) is 5.54 Å². The van der Waals surface area contributed by atoms with Crippen molar-refractivity contribution in [3.8, 4) is 0 Å². The topological polar surface area (TPSA) is 74.7 Å². The third-order valence-electron chi connectivity index (χ3n) is 4.83. The molecule has 1 N–H and O–H groups in total. The highest BCUT2D eigenvalue weighted by Crippen LogP contribution is 2.45. The van der Waals surface area contributed by atoms with Gasteiger partial charge in [-0.25, -0.2) is 4.79 Å². The highest BCUT2D eigenvalue weighted by atomic mass is 16.4. The van der Waals surface area contributed by atoms with Crippen molar-refractivity contribution >= 4 is 17.8 Å². The fourth-order valence-electron chi connectivity index (χ4n) is 3.82. The van der Waals surface area contributed by atoms with Crippen LogP contribution in [0.5, 0.6) is 0 Å². The van der Waals surface area contributed by atoms with Crippen LogP contribution in [0.25, 0.3) is 0 Å². The molecule has 3 aliphatic rings. The molecule has 0 aromatic carbocycles. The molecule has 2 amide bonds. The van der Waals surface area contributed by atoms with Crippen molar-refractivity contribution in [2.45, 2.75) is 50.5 Å². The van der Waals surface area contributed by atoms with Gasteiger partial charge in [-0.05, 0) is 32.1 Å². The van der Waals surface area contributed by atoms with Gasteiger partial charge >= 0.3 is 5.97 Å². The molecule has 2 aliphatic carbocycles. The van der Waals surface area contributed by atoms with Gasteiger partial charge in [-0.2, -0.15) is 0 Å². The van der Waals surface area contributed by atoms with Gasteiger partial charge in [-0.3, -0.25) is 14.5 Å². The number of aliphatic carboxylic acids is 1. The number of piperidine rings is 1. The van der Waals surface area contributed by atoms with E-state index < -0.39 is 11.5 Å². The molecule has 1 aliphatic heterocycles. The lowest BCUT2D eigenvalue weighted by molar-refractivity contribution is -0.171. The van der Waals surface area contributed by atoms with Gasteiger partial charge in [0, 0.05) is 11.8 Å². The Labute approximate surface area is 105 Å². The van der Waals surface area contributed by atoms with Crippen molar-refractivity contribution < 1.29 is 19.5 Å². The molecule has 5 heteroatoms. The van der Waals surface area contributed by atoms with E-state index in [2.05, 4.69) is 0 Å². The standard InChI is InChI=1S/C13H17NO4/c15-10-8-3-4-9(7-8)11(16)14(10)13(12(17)18)5-1-2-6-13/h8-9H,1-7H2,(H,17,18). The van der Waals surface area contributed by atoms with Gasteiger partial charge in [-0.1, -0.05) is 12.8 Å². The highest BCUT2D eigenvalue weighted by Gasteiger charge is 2.57. The van der Waals surface area contributed by atoms with Crippen molar-refractivity contribution in [3.05, 3.63) is 0 Å². The first-order valence-electron chi connectivity index (χ1n) is 6.67. The molecule has 98 valence electrons. The number of amides is 2. The molecule has 2 bridgehead atoms. The summed E-state index contributed by atoms with van der Waals surface area (Å²) in [6, 6.07) is 0. The molecule has 5 nitrogen and oxygen atoms in total. The first-order chi connectivity index (χ1) is 8.56. The van der Waals surface area contributed by atoms with Crippen LogP contribution in [0, 0.1) is 11.8 Å². The number of nitrogens with zero attached hydrogens (tertiary/aromatic N) is 1. The van der Waals surface area contributed by atoms with Crippen LogP contribution in [-0.2, 0) is 14.4 Å². The quantitative estimate of drug-likeness (QED) is 0.747. The Morgan fingerprint density at radius 2 is 1.61 bits per heavy atom. The number of rotatable bonds is 2. The molecular formula is C13H17NO4. The third-order valence-corrected chi connectivity index (χ3v) is 4.83. The van der Waals surface area contributed by atoms with Crippen LogP contribution in [-0.4, -0.2) is 33.3 Å². The maximum atomic E-state index is 12.3. The smallest absolute Gasteiger partial charge is 0.330 e. The van der Waals surface area contributed by atoms with Crippen molar-refractivity contribution in [2.24, 2.45) is 11.8 Å². The number of carboxylic acid groups (broad SMARTS) is 1. The second-order valence-electron chi connectivity index (χ2n) is 5.76. The number of imide groups is 1. The second kappa shape index (κ2) is 3.80. The lowest BCUT2D eigenvalue weighted by Crippen LogP contribution is -2.61. The lowest BCUT2D eigenvalue weighted by atomic mass is 9.88. The van der Waals surface area contributed by atoms with E-state index in [1.807, 2.05) is 0 Å². The SMILES string of the molecule is O=C1C2CCC(C2)C(=O)N1C1(C(=O)O)CCCC1. The number of carbonyl (C=O) groups excluding carboxylic acids is 2. The van der Waals surface area contributed by atoms with Crippen LogP contribution in [0.1, 0.15) is 44.9 Å². The van der Waals surface area contributed by atoms with Crippen LogP contribution in [0.15, 0.2) is 0 Å². The number of carboxylic acids is 1. The van der Waals surface area contributed by atoms with E-state index in [0.29, 0.717) is 19.3 Å². The maximum absolute atomic E-state index is 12.3. The molecule has 0 aromatic rings. The first-order valence-corrected chi connectivity index (χ1v) is 6.67. The molecule has 2 saturated carbocycles. The number of fused-ring (bicyclic) bond motifs is 2. The molecule has 0 spiro atoms. The normalized spacial score (nSPS) is 34.1. The summed E-state index contributed by atoms with van der Waals surface area (Å²) in [5.41, 5.74) is -1.24. The molecule has 2 unspecified atom stereocenters. The molecule has 0 aromatic heterocycles. The Bertz CT molecular complexity index is 403. The van der Waals surface area contributed by atoms with Crippen molar-refractivity contribution in [1.82, 2.24) is 4.90 Å².